The van der Waals surface area contributed by atoms with Gasteiger partial charge in [-0.1, -0.05) is 36.4 Å². The number of hydrogen-bond acceptors (Lipinski definition) is 3. The Morgan fingerprint density at radius 3 is 2.50 bits per heavy atom. The van der Waals surface area contributed by atoms with E-state index in [1.165, 1.54) is 11.3 Å². The van der Waals surface area contributed by atoms with Crippen molar-refractivity contribution in [3.8, 4) is 0 Å². The number of amides is 1. The van der Waals surface area contributed by atoms with Crippen molar-refractivity contribution < 1.29 is 4.79 Å². The molecule has 0 spiro atoms. The van der Waals surface area contributed by atoms with E-state index in [0.29, 0.717) is 13.1 Å². The summed E-state index contributed by atoms with van der Waals surface area (Å²) in [5.41, 5.74) is 3.54. The Balaban J connectivity index is 1.73. The average Bonchev–Trinajstić information content (AvgIpc) is 2.80. The van der Waals surface area contributed by atoms with E-state index in [9.17, 15) is 4.79 Å². The second-order valence-corrected chi connectivity index (χ2v) is 6.22. The Bertz CT molecular complexity index is 686. The molecule has 126 valence electrons. The highest BCUT2D eigenvalue weighted by Gasteiger charge is 2.22. The predicted octanol–water partition coefficient (Wildman–Crippen LogP) is 2.99. The molecule has 1 amide bonds. The van der Waals surface area contributed by atoms with E-state index >= 15 is 0 Å². The fourth-order valence-electron chi connectivity index (χ4n) is 3.19. The van der Waals surface area contributed by atoms with Gasteiger partial charge in [-0.2, -0.15) is 0 Å². The predicted molar refractivity (Wildman–Crippen MR) is 99.5 cm³/mol. The first-order chi connectivity index (χ1) is 11.7. The molecular weight excluding hydrogens is 298 g/mol. The Morgan fingerprint density at radius 2 is 1.75 bits per heavy atom. The molecule has 0 saturated heterocycles. The van der Waals surface area contributed by atoms with Crippen LogP contribution in [-0.2, 0) is 11.3 Å². The highest BCUT2D eigenvalue weighted by atomic mass is 16.2. The summed E-state index contributed by atoms with van der Waals surface area (Å²) < 4.78 is 0. The number of benzene rings is 2. The minimum Gasteiger partial charge on any atom is -0.373 e. The Morgan fingerprint density at radius 1 is 1.04 bits per heavy atom. The molecule has 0 aliphatic carbocycles. The van der Waals surface area contributed by atoms with Crippen molar-refractivity contribution in [2.24, 2.45) is 0 Å². The summed E-state index contributed by atoms with van der Waals surface area (Å²) >= 11 is 0. The van der Waals surface area contributed by atoms with Gasteiger partial charge in [0.1, 0.15) is 0 Å². The lowest BCUT2D eigenvalue weighted by Gasteiger charge is -2.27. The quantitative estimate of drug-likeness (QED) is 0.865. The largest absolute Gasteiger partial charge is 0.373 e. The Labute approximate surface area is 144 Å². The molecule has 0 saturated carbocycles. The van der Waals surface area contributed by atoms with E-state index in [-0.39, 0.29) is 5.91 Å². The molecule has 0 radical (unpaired) electrons. The fourth-order valence-corrected chi connectivity index (χ4v) is 3.19. The van der Waals surface area contributed by atoms with Crippen LogP contribution in [0, 0.1) is 0 Å². The van der Waals surface area contributed by atoms with E-state index in [2.05, 4.69) is 54.1 Å². The van der Waals surface area contributed by atoms with Crippen molar-refractivity contribution >= 4 is 17.3 Å². The number of fused-ring (bicyclic) bond motifs is 1. The molecule has 0 unspecified atom stereocenters. The number of likely N-dealkylation sites (N-methyl/N-ethyl adjacent to an activating group) is 2. The Hall–Kier alpha value is -2.49. The van der Waals surface area contributed by atoms with Crippen LogP contribution >= 0.6 is 0 Å². The van der Waals surface area contributed by atoms with Gasteiger partial charge in [0.15, 0.2) is 0 Å². The third kappa shape index (κ3) is 3.53. The summed E-state index contributed by atoms with van der Waals surface area (Å²) in [5.74, 6) is 0.186. The number of rotatable bonds is 4. The molecule has 2 aromatic carbocycles. The third-order valence-electron chi connectivity index (χ3n) is 4.65. The minimum absolute atomic E-state index is 0.186. The lowest BCUT2D eigenvalue weighted by atomic mass is 10.1. The molecule has 4 nitrogen and oxygen atoms in total. The summed E-state index contributed by atoms with van der Waals surface area (Å²) in [6.07, 6.45) is 0. The molecule has 24 heavy (non-hydrogen) atoms. The number of hydrogen-bond donors (Lipinski definition) is 0. The maximum atomic E-state index is 12.9. The minimum atomic E-state index is 0.186. The molecule has 1 aliphatic rings. The van der Waals surface area contributed by atoms with Gasteiger partial charge in [-0.05, 0) is 30.7 Å². The summed E-state index contributed by atoms with van der Waals surface area (Å²) in [6, 6.07) is 18.5. The van der Waals surface area contributed by atoms with Crippen LogP contribution in [0.2, 0.25) is 0 Å². The number of para-hydroxylation sites is 2. The number of carbonyl (C=O) groups excluding carboxylic acids is 1. The van der Waals surface area contributed by atoms with Crippen LogP contribution in [-0.4, -0.2) is 44.0 Å². The number of nitrogens with zero attached hydrogens (tertiary/aromatic N) is 3. The maximum Gasteiger partial charge on any atom is 0.242 e. The van der Waals surface area contributed by atoms with Crippen molar-refractivity contribution in [2.75, 3.05) is 43.0 Å². The molecule has 0 N–H and O–H groups in total. The van der Waals surface area contributed by atoms with E-state index in [0.717, 1.165) is 25.3 Å². The zero-order chi connectivity index (χ0) is 16.9. The van der Waals surface area contributed by atoms with Gasteiger partial charge in [0, 0.05) is 44.6 Å². The van der Waals surface area contributed by atoms with Crippen molar-refractivity contribution in [1.29, 1.82) is 0 Å². The van der Waals surface area contributed by atoms with Crippen LogP contribution in [0.3, 0.4) is 0 Å². The monoisotopic (exact) mass is 323 g/mol. The van der Waals surface area contributed by atoms with E-state index < -0.39 is 0 Å². The second-order valence-electron chi connectivity index (χ2n) is 6.22. The van der Waals surface area contributed by atoms with Gasteiger partial charge in [0.2, 0.25) is 5.91 Å². The molecule has 0 fully saturated rings. The standard InChI is InChI=1S/C20H25N3O/c1-3-22(18-10-5-4-6-11-18)16-20(24)23-14-13-21(2)19-12-8-7-9-17(19)15-23/h4-12H,3,13-16H2,1-2H3. The zero-order valence-corrected chi connectivity index (χ0v) is 14.5. The third-order valence-corrected chi connectivity index (χ3v) is 4.65. The smallest absolute Gasteiger partial charge is 0.242 e. The van der Waals surface area contributed by atoms with Crippen molar-refractivity contribution in [2.45, 2.75) is 13.5 Å². The van der Waals surface area contributed by atoms with E-state index in [1.54, 1.807) is 0 Å². The van der Waals surface area contributed by atoms with Gasteiger partial charge < -0.3 is 14.7 Å². The number of carbonyl (C=O) groups is 1. The summed E-state index contributed by atoms with van der Waals surface area (Å²) in [7, 11) is 2.09. The van der Waals surface area contributed by atoms with E-state index in [1.807, 2.05) is 29.2 Å². The average molecular weight is 323 g/mol. The molecule has 1 aliphatic heterocycles. The first-order valence-electron chi connectivity index (χ1n) is 8.56. The van der Waals surface area contributed by atoms with Crippen LogP contribution in [0.25, 0.3) is 0 Å². The van der Waals surface area contributed by atoms with Crippen LogP contribution in [0.15, 0.2) is 54.6 Å². The topological polar surface area (TPSA) is 26.8 Å². The normalized spacial score (nSPS) is 14.1. The summed E-state index contributed by atoms with van der Waals surface area (Å²) in [6.45, 7) is 5.64. The lowest BCUT2D eigenvalue weighted by Crippen LogP contribution is -2.41. The second kappa shape index (κ2) is 7.39. The highest BCUT2D eigenvalue weighted by molar-refractivity contribution is 5.82. The lowest BCUT2D eigenvalue weighted by molar-refractivity contribution is -0.130. The highest BCUT2D eigenvalue weighted by Crippen LogP contribution is 2.24. The van der Waals surface area contributed by atoms with Gasteiger partial charge in [-0.3, -0.25) is 4.79 Å². The van der Waals surface area contributed by atoms with Gasteiger partial charge in [0.05, 0.1) is 6.54 Å². The van der Waals surface area contributed by atoms with Crippen LogP contribution in [0.1, 0.15) is 12.5 Å². The van der Waals surface area contributed by atoms with Crippen molar-refractivity contribution in [3.05, 3.63) is 60.2 Å². The molecular formula is C20H25N3O. The molecule has 0 aromatic heterocycles. The van der Waals surface area contributed by atoms with Crippen LogP contribution in [0.4, 0.5) is 11.4 Å². The molecule has 1 heterocycles. The summed E-state index contributed by atoms with van der Waals surface area (Å²) in [5, 5.41) is 0. The molecule has 4 heteroatoms. The van der Waals surface area contributed by atoms with Gasteiger partial charge >= 0.3 is 0 Å². The zero-order valence-electron chi connectivity index (χ0n) is 14.5. The number of anilines is 2. The van der Waals surface area contributed by atoms with E-state index in [4.69, 9.17) is 0 Å². The van der Waals surface area contributed by atoms with Gasteiger partial charge in [-0.25, -0.2) is 0 Å². The molecule has 2 aromatic rings. The maximum absolute atomic E-state index is 12.9. The van der Waals surface area contributed by atoms with Crippen molar-refractivity contribution in [1.82, 2.24) is 4.90 Å². The van der Waals surface area contributed by atoms with Crippen LogP contribution < -0.4 is 9.80 Å². The molecule has 0 bridgehead atoms. The first kappa shape index (κ1) is 16.4. The molecule has 3 rings (SSSR count). The summed E-state index contributed by atoms with van der Waals surface area (Å²) in [4.78, 5) is 19.2. The Kier molecular flexibility index (Phi) is 5.04. The fraction of sp³-hybridized carbons (Fsp3) is 0.350. The van der Waals surface area contributed by atoms with Gasteiger partial charge in [-0.15, -0.1) is 0 Å². The van der Waals surface area contributed by atoms with Gasteiger partial charge in [0.25, 0.3) is 0 Å². The first-order valence-corrected chi connectivity index (χ1v) is 8.56. The SMILES string of the molecule is CCN(CC(=O)N1CCN(C)c2ccccc2C1)c1ccccc1. The van der Waals surface area contributed by atoms with Crippen molar-refractivity contribution in [3.63, 3.8) is 0 Å². The molecule has 0 atom stereocenters. The van der Waals surface area contributed by atoms with Crippen LogP contribution in [0.5, 0.6) is 0 Å².